The lowest BCUT2D eigenvalue weighted by atomic mass is 9.94. The summed E-state index contributed by atoms with van der Waals surface area (Å²) in [4.78, 5) is 6.94. The van der Waals surface area contributed by atoms with Gasteiger partial charge in [-0.25, -0.2) is 4.98 Å². The van der Waals surface area contributed by atoms with E-state index in [0.29, 0.717) is 12.6 Å². The van der Waals surface area contributed by atoms with Crippen LogP contribution in [0.15, 0.2) is 18.3 Å². The van der Waals surface area contributed by atoms with Crippen LogP contribution < -0.4 is 15.4 Å². The fourth-order valence-electron chi connectivity index (χ4n) is 2.92. The van der Waals surface area contributed by atoms with Crippen LogP contribution in [0.1, 0.15) is 45.4 Å². The molecule has 4 heteroatoms. The van der Waals surface area contributed by atoms with Crippen LogP contribution in [-0.4, -0.2) is 30.7 Å². The highest BCUT2D eigenvalue weighted by Crippen LogP contribution is 2.31. The van der Waals surface area contributed by atoms with Gasteiger partial charge in [-0.1, -0.05) is 26.2 Å². The van der Waals surface area contributed by atoms with Crippen LogP contribution >= 0.6 is 0 Å². The lowest BCUT2D eigenvalue weighted by Crippen LogP contribution is -2.40. The first-order chi connectivity index (χ1) is 9.86. The Labute approximate surface area is 122 Å². The maximum atomic E-state index is 5.86. The van der Waals surface area contributed by atoms with Gasteiger partial charge in [0, 0.05) is 25.3 Å². The maximum Gasteiger partial charge on any atom is 0.171 e. The highest BCUT2D eigenvalue weighted by molar-refractivity contribution is 5.53. The van der Waals surface area contributed by atoms with Crippen LogP contribution in [0.5, 0.6) is 5.75 Å². The van der Waals surface area contributed by atoms with Crippen LogP contribution in [0.25, 0.3) is 0 Å². The second-order valence-electron chi connectivity index (χ2n) is 5.45. The number of hydrogen-bond donors (Lipinski definition) is 1. The quantitative estimate of drug-likeness (QED) is 0.832. The van der Waals surface area contributed by atoms with Gasteiger partial charge in [0.15, 0.2) is 11.6 Å². The molecular weight excluding hydrogens is 250 g/mol. The minimum Gasteiger partial charge on any atom is -0.490 e. The number of nitrogens with zero attached hydrogens (tertiary/aromatic N) is 2. The molecule has 0 amide bonds. The van der Waals surface area contributed by atoms with Crippen molar-refractivity contribution in [2.24, 2.45) is 5.73 Å². The summed E-state index contributed by atoms with van der Waals surface area (Å²) < 4.78 is 5.86. The highest BCUT2D eigenvalue weighted by Gasteiger charge is 2.24. The molecule has 1 aromatic heterocycles. The van der Waals surface area contributed by atoms with Gasteiger partial charge >= 0.3 is 0 Å². The second-order valence-corrected chi connectivity index (χ2v) is 5.45. The molecule has 0 spiro atoms. The molecule has 1 heterocycles. The molecule has 1 aliphatic rings. The summed E-state index contributed by atoms with van der Waals surface area (Å²) in [6.07, 6.45) is 9.31. The topological polar surface area (TPSA) is 51.4 Å². The fourth-order valence-corrected chi connectivity index (χ4v) is 2.92. The zero-order valence-corrected chi connectivity index (χ0v) is 12.6. The van der Waals surface area contributed by atoms with E-state index in [2.05, 4.69) is 16.8 Å². The van der Waals surface area contributed by atoms with Gasteiger partial charge in [0.1, 0.15) is 0 Å². The Hall–Kier alpha value is -1.29. The molecule has 0 aromatic carbocycles. The number of hydrogen-bond acceptors (Lipinski definition) is 4. The molecule has 1 saturated carbocycles. The van der Waals surface area contributed by atoms with Crippen molar-refractivity contribution < 1.29 is 4.74 Å². The average molecular weight is 277 g/mol. The van der Waals surface area contributed by atoms with Gasteiger partial charge in [-0.3, -0.25) is 0 Å². The van der Waals surface area contributed by atoms with Crippen molar-refractivity contribution in [2.75, 3.05) is 24.6 Å². The Morgan fingerprint density at radius 2 is 2.15 bits per heavy atom. The minimum atomic E-state index is 0.561. The highest BCUT2D eigenvalue weighted by atomic mass is 16.5. The Morgan fingerprint density at radius 3 is 2.85 bits per heavy atom. The second kappa shape index (κ2) is 8.10. The Morgan fingerprint density at radius 1 is 1.35 bits per heavy atom. The number of pyridine rings is 1. The Bertz CT molecular complexity index is 391. The van der Waals surface area contributed by atoms with E-state index >= 15 is 0 Å². The lowest BCUT2D eigenvalue weighted by molar-refractivity contribution is 0.314. The van der Waals surface area contributed by atoms with Crippen LogP contribution in [0.2, 0.25) is 0 Å². The predicted molar refractivity (Wildman–Crippen MR) is 83.3 cm³/mol. The number of anilines is 1. The molecule has 0 bridgehead atoms. The van der Waals surface area contributed by atoms with Gasteiger partial charge in [0.25, 0.3) is 0 Å². The molecule has 1 aromatic rings. The van der Waals surface area contributed by atoms with E-state index in [-0.39, 0.29) is 0 Å². The van der Waals surface area contributed by atoms with Gasteiger partial charge in [0.2, 0.25) is 0 Å². The summed E-state index contributed by atoms with van der Waals surface area (Å²) in [6.45, 7) is 4.36. The first-order valence-corrected chi connectivity index (χ1v) is 7.91. The molecule has 20 heavy (non-hydrogen) atoms. The molecule has 1 aliphatic carbocycles. The average Bonchev–Trinajstić information content (AvgIpc) is 2.52. The van der Waals surface area contributed by atoms with E-state index in [1.807, 2.05) is 18.3 Å². The summed E-state index contributed by atoms with van der Waals surface area (Å²) in [7, 11) is 0. The number of ether oxygens (including phenoxy) is 1. The third-order valence-corrected chi connectivity index (χ3v) is 3.87. The zero-order chi connectivity index (χ0) is 14.2. The van der Waals surface area contributed by atoms with Crippen molar-refractivity contribution in [3.05, 3.63) is 18.3 Å². The van der Waals surface area contributed by atoms with Crippen molar-refractivity contribution in [1.29, 1.82) is 0 Å². The molecule has 0 aliphatic heterocycles. The minimum absolute atomic E-state index is 0.561. The normalized spacial score (nSPS) is 16.1. The summed E-state index contributed by atoms with van der Waals surface area (Å²) in [5.41, 5.74) is 5.81. The molecule has 2 N–H and O–H groups in total. The Kier molecular flexibility index (Phi) is 6.12. The van der Waals surface area contributed by atoms with Crippen LogP contribution in [-0.2, 0) is 0 Å². The van der Waals surface area contributed by atoms with Crippen LogP contribution in [0, 0.1) is 0 Å². The van der Waals surface area contributed by atoms with E-state index < -0.39 is 0 Å². The van der Waals surface area contributed by atoms with Crippen LogP contribution in [0.3, 0.4) is 0 Å². The smallest absolute Gasteiger partial charge is 0.171 e. The Balaban J connectivity index is 2.18. The van der Waals surface area contributed by atoms with E-state index in [9.17, 15) is 0 Å². The van der Waals surface area contributed by atoms with Crippen molar-refractivity contribution in [3.8, 4) is 5.75 Å². The van der Waals surface area contributed by atoms with Crippen LogP contribution in [0.4, 0.5) is 5.82 Å². The standard InChI is InChI=1S/C16H27N3O/c1-2-13-20-15-9-6-11-18-16(15)19(12-10-17)14-7-4-3-5-8-14/h6,9,11,14H,2-5,7-8,10,12-13,17H2,1H3. The molecular formula is C16H27N3O. The third kappa shape index (κ3) is 3.85. The lowest BCUT2D eigenvalue weighted by Gasteiger charge is -2.35. The molecule has 0 saturated heterocycles. The van der Waals surface area contributed by atoms with E-state index in [4.69, 9.17) is 10.5 Å². The van der Waals surface area contributed by atoms with Gasteiger partial charge in [-0.15, -0.1) is 0 Å². The summed E-state index contributed by atoms with van der Waals surface area (Å²) in [5.74, 6) is 1.87. The predicted octanol–water partition coefficient (Wildman–Crippen LogP) is 2.97. The van der Waals surface area contributed by atoms with E-state index in [1.165, 1.54) is 32.1 Å². The van der Waals surface area contributed by atoms with Crippen molar-refractivity contribution >= 4 is 5.82 Å². The fraction of sp³-hybridized carbons (Fsp3) is 0.688. The molecule has 112 valence electrons. The molecule has 1 fully saturated rings. The molecule has 0 unspecified atom stereocenters. The van der Waals surface area contributed by atoms with E-state index in [0.717, 1.165) is 31.1 Å². The zero-order valence-electron chi connectivity index (χ0n) is 12.6. The van der Waals surface area contributed by atoms with Gasteiger partial charge in [-0.2, -0.15) is 0 Å². The first-order valence-electron chi connectivity index (χ1n) is 7.91. The van der Waals surface area contributed by atoms with Gasteiger partial charge in [-0.05, 0) is 31.4 Å². The van der Waals surface area contributed by atoms with Gasteiger partial charge < -0.3 is 15.4 Å². The molecule has 0 radical (unpaired) electrons. The number of rotatable bonds is 7. The largest absolute Gasteiger partial charge is 0.490 e. The SMILES string of the molecule is CCCOc1cccnc1N(CCN)C1CCCCC1. The number of aromatic nitrogens is 1. The van der Waals surface area contributed by atoms with Gasteiger partial charge in [0.05, 0.1) is 6.61 Å². The molecule has 2 rings (SSSR count). The molecule has 0 atom stereocenters. The summed E-state index contributed by atoms with van der Waals surface area (Å²) in [6, 6.07) is 4.52. The monoisotopic (exact) mass is 277 g/mol. The van der Waals surface area contributed by atoms with Crippen molar-refractivity contribution in [2.45, 2.75) is 51.5 Å². The first kappa shape index (κ1) is 15.1. The third-order valence-electron chi connectivity index (χ3n) is 3.87. The number of nitrogens with two attached hydrogens (primary N) is 1. The van der Waals surface area contributed by atoms with Crippen molar-refractivity contribution in [3.63, 3.8) is 0 Å². The molecule has 4 nitrogen and oxygen atoms in total. The van der Waals surface area contributed by atoms with Crippen molar-refractivity contribution in [1.82, 2.24) is 4.98 Å². The van der Waals surface area contributed by atoms with E-state index in [1.54, 1.807) is 0 Å². The summed E-state index contributed by atoms with van der Waals surface area (Å²) in [5, 5.41) is 0. The summed E-state index contributed by atoms with van der Waals surface area (Å²) >= 11 is 0. The maximum absolute atomic E-state index is 5.86.